The molecule has 1 aromatic carbocycles. The quantitative estimate of drug-likeness (QED) is 0.500. The van der Waals surface area contributed by atoms with Crippen molar-refractivity contribution in [3.63, 3.8) is 0 Å². The minimum absolute atomic E-state index is 1.20. The summed E-state index contributed by atoms with van der Waals surface area (Å²) in [5.74, 6) is 0. The van der Waals surface area contributed by atoms with Gasteiger partial charge in [-0.2, -0.15) is 0 Å². The summed E-state index contributed by atoms with van der Waals surface area (Å²) in [6.45, 7) is 6.36. The average Bonchev–Trinajstić information content (AvgIpc) is 1.84. The van der Waals surface area contributed by atoms with E-state index in [1.807, 2.05) is 0 Å². The summed E-state index contributed by atoms with van der Waals surface area (Å²) in [6.07, 6.45) is 0. The zero-order chi connectivity index (χ0) is 7.72. The zero-order valence-electron chi connectivity index (χ0n) is 6.65. The van der Waals surface area contributed by atoms with Gasteiger partial charge in [0.15, 0.2) is 4.90 Å². The van der Waals surface area contributed by atoms with Gasteiger partial charge in [-0.1, -0.05) is 6.07 Å². The lowest BCUT2D eigenvalue weighted by Gasteiger charge is -1.99. The van der Waals surface area contributed by atoms with Crippen LogP contribution in [0.5, 0.6) is 0 Å². The van der Waals surface area contributed by atoms with Gasteiger partial charge >= 0.3 is 0 Å². The molecule has 0 atom stereocenters. The highest BCUT2D eigenvalue weighted by Gasteiger charge is 2.00. The predicted molar refractivity (Wildman–Crippen MR) is 49.1 cm³/mol. The Labute approximate surface area is 67.7 Å². The maximum absolute atomic E-state index is 3.53. The molecule has 0 bridgehead atoms. The average molecular weight is 153 g/mol. The van der Waals surface area contributed by atoms with Crippen LogP contribution in [-0.2, 0) is 12.6 Å². The molecule has 1 rings (SSSR count). The highest BCUT2D eigenvalue weighted by atomic mass is 32.1. The van der Waals surface area contributed by atoms with Gasteiger partial charge < -0.3 is 0 Å². The first-order chi connectivity index (χ1) is 4.61. The lowest BCUT2D eigenvalue weighted by molar-refractivity contribution is 1.21. The van der Waals surface area contributed by atoms with Gasteiger partial charge in [0, 0.05) is 5.56 Å². The molecule has 0 N–H and O–H groups in total. The molecule has 0 radical (unpaired) electrons. The van der Waals surface area contributed by atoms with Crippen molar-refractivity contribution in [2.24, 2.45) is 0 Å². The Bertz CT molecular complexity index is 201. The van der Waals surface area contributed by atoms with E-state index in [-0.39, 0.29) is 0 Å². The number of rotatable bonds is 0. The highest BCUT2D eigenvalue weighted by Crippen LogP contribution is 2.13. The van der Waals surface area contributed by atoms with E-state index < -0.39 is 0 Å². The van der Waals surface area contributed by atoms with Crippen LogP contribution in [0.3, 0.4) is 0 Å². The molecule has 0 nitrogen and oxygen atoms in total. The number of benzene rings is 1. The van der Waals surface area contributed by atoms with Crippen molar-refractivity contribution < 1.29 is 0 Å². The van der Waals surface area contributed by atoms with Gasteiger partial charge in [0.2, 0.25) is 0 Å². The van der Waals surface area contributed by atoms with Crippen LogP contribution in [0.15, 0.2) is 17.0 Å². The van der Waals surface area contributed by atoms with Gasteiger partial charge in [0.05, 0.1) is 0 Å². The second-order valence-electron chi connectivity index (χ2n) is 2.75. The summed E-state index contributed by atoms with van der Waals surface area (Å²) < 4.78 is 0. The summed E-state index contributed by atoms with van der Waals surface area (Å²) in [5, 5.41) is 0. The molecule has 0 heterocycles. The van der Waals surface area contributed by atoms with E-state index in [2.05, 4.69) is 45.5 Å². The SMILES string of the molecule is Cc1cc(C)c([SH2+])cc1C. The van der Waals surface area contributed by atoms with E-state index in [4.69, 9.17) is 0 Å². The minimum atomic E-state index is 1.20. The molecule has 0 aromatic heterocycles. The van der Waals surface area contributed by atoms with Crippen LogP contribution >= 0.6 is 0 Å². The first-order valence-corrected chi connectivity index (χ1v) is 3.90. The largest absolute Gasteiger partial charge is 0.153 e. The first-order valence-electron chi connectivity index (χ1n) is 3.40. The van der Waals surface area contributed by atoms with E-state index in [9.17, 15) is 0 Å². The van der Waals surface area contributed by atoms with Crippen LogP contribution in [0, 0.1) is 20.8 Å². The molecule has 0 saturated heterocycles. The molecule has 1 heteroatoms. The molecule has 10 heavy (non-hydrogen) atoms. The molecule has 0 aliphatic heterocycles. The van der Waals surface area contributed by atoms with Crippen LogP contribution in [0.2, 0.25) is 0 Å². The Balaban J connectivity index is 3.28. The molecule has 0 aliphatic carbocycles. The second kappa shape index (κ2) is 2.67. The third-order valence-corrected chi connectivity index (χ3v) is 2.38. The fraction of sp³-hybridized carbons (Fsp3) is 0.333. The number of hydrogen-bond acceptors (Lipinski definition) is 0. The van der Waals surface area contributed by atoms with E-state index in [0.717, 1.165) is 0 Å². The smallest absolute Gasteiger partial charge is 0.0511 e. The van der Waals surface area contributed by atoms with Crippen LogP contribution in [-0.4, -0.2) is 0 Å². The maximum atomic E-state index is 3.53. The Hall–Kier alpha value is -0.430. The van der Waals surface area contributed by atoms with Crippen molar-refractivity contribution >= 4 is 12.6 Å². The molecule has 0 unspecified atom stereocenters. The van der Waals surface area contributed by atoms with Crippen molar-refractivity contribution in [1.29, 1.82) is 0 Å². The van der Waals surface area contributed by atoms with Gasteiger partial charge in [-0.25, -0.2) is 0 Å². The summed E-state index contributed by atoms with van der Waals surface area (Å²) >= 11 is 3.53. The molecule has 0 spiro atoms. The lowest BCUT2D eigenvalue weighted by Crippen LogP contribution is -1.85. The van der Waals surface area contributed by atoms with Gasteiger partial charge in [-0.3, -0.25) is 0 Å². The van der Waals surface area contributed by atoms with Gasteiger partial charge in [-0.15, -0.1) is 0 Å². The zero-order valence-corrected chi connectivity index (χ0v) is 7.65. The normalized spacial score (nSPS) is 10.0. The molecule has 0 aliphatic rings. The van der Waals surface area contributed by atoms with Gasteiger partial charge in [0.25, 0.3) is 0 Å². The second-order valence-corrected chi connectivity index (χ2v) is 3.29. The van der Waals surface area contributed by atoms with E-state index >= 15 is 0 Å². The molecule has 0 saturated carbocycles. The van der Waals surface area contributed by atoms with Crippen molar-refractivity contribution in [2.45, 2.75) is 25.7 Å². The Morgan fingerprint density at radius 1 is 0.900 bits per heavy atom. The van der Waals surface area contributed by atoms with Crippen molar-refractivity contribution in [3.05, 3.63) is 28.8 Å². The fourth-order valence-corrected chi connectivity index (χ4v) is 1.25. The van der Waals surface area contributed by atoms with Crippen molar-refractivity contribution in [2.75, 3.05) is 0 Å². The first kappa shape index (κ1) is 7.67. The van der Waals surface area contributed by atoms with Crippen molar-refractivity contribution in [3.8, 4) is 0 Å². The molecular formula is C9H13S+. The summed E-state index contributed by atoms with van der Waals surface area (Å²) in [5.41, 5.74) is 4.01. The van der Waals surface area contributed by atoms with E-state index in [0.29, 0.717) is 0 Å². The third kappa shape index (κ3) is 1.35. The summed E-state index contributed by atoms with van der Waals surface area (Å²) in [7, 11) is 0. The monoisotopic (exact) mass is 153 g/mol. The Kier molecular flexibility index (Phi) is 2.05. The Morgan fingerprint density at radius 2 is 1.40 bits per heavy atom. The number of aryl methyl sites for hydroxylation is 3. The van der Waals surface area contributed by atoms with E-state index in [1.54, 1.807) is 0 Å². The van der Waals surface area contributed by atoms with Crippen molar-refractivity contribution in [1.82, 2.24) is 0 Å². The predicted octanol–water partition coefficient (Wildman–Crippen LogP) is 1.98. The van der Waals surface area contributed by atoms with Crippen LogP contribution in [0.1, 0.15) is 16.7 Å². The Morgan fingerprint density at radius 3 is 1.90 bits per heavy atom. The molecule has 0 amide bonds. The fourth-order valence-electron chi connectivity index (χ4n) is 0.961. The topological polar surface area (TPSA) is 0 Å². The van der Waals surface area contributed by atoms with Gasteiger partial charge in [0.1, 0.15) is 0 Å². The molecule has 0 fully saturated rings. The highest BCUT2D eigenvalue weighted by molar-refractivity contribution is 7.58. The lowest BCUT2D eigenvalue weighted by atomic mass is 10.1. The standard InChI is InChI=1S/C9H12S/c1-6-4-8(3)9(10)5-7(6)2/h4-5,10H,1-3H3/p+1. The summed E-state index contributed by atoms with van der Waals surface area (Å²) in [4.78, 5) is 1.20. The minimum Gasteiger partial charge on any atom is -0.0511 e. The van der Waals surface area contributed by atoms with Crippen LogP contribution < -0.4 is 0 Å². The summed E-state index contributed by atoms with van der Waals surface area (Å²) in [6, 6.07) is 4.35. The molecule has 54 valence electrons. The van der Waals surface area contributed by atoms with Gasteiger partial charge in [-0.05, 0) is 50.6 Å². The maximum Gasteiger partial charge on any atom is 0.153 e. The molecule has 1 aromatic rings. The van der Waals surface area contributed by atoms with Crippen LogP contribution in [0.4, 0.5) is 0 Å². The van der Waals surface area contributed by atoms with Crippen LogP contribution in [0.25, 0.3) is 0 Å². The number of hydrogen-bond donors (Lipinski definition) is 0. The van der Waals surface area contributed by atoms with E-state index in [1.165, 1.54) is 21.6 Å². The third-order valence-electron chi connectivity index (χ3n) is 1.84. The molecular weight excluding hydrogens is 140 g/mol.